The fraction of sp³-hybridized carbons (Fsp3) is 0.200. The Morgan fingerprint density at radius 3 is 2.87 bits per heavy atom. The SMILES string of the molecule is CCOC(=O)c1ccc(S)c(Cl)c1C#N. The summed E-state index contributed by atoms with van der Waals surface area (Å²) in [6.45, 7) is 1.95. The van der Waals surface area contributed by atoms with Crippen LogP contribution in [-0.4, -0.2) is 12.6 Å². The number of hydrogen-bond donors (Lipinski definition) is 1. The highest BCUT2D eigenvalue weighted by molar-refractivity contribution is 7.80. The van der Waals surface area contributed by atoms with Crippen LogP contribution in [0.5, 0.6) is 0 Å². The fourth-order valence-corrected chi connectivity index (χ4v) is 1.45. The van der Waals surface area contributed by atoms with Gasteiger partial charge in [-0.15, -0.1) is 12.6 Å². The number of thiol groups is 1. The van der Waals surface area contributed by atoms with E-state index in [1.165, 1.54) is 6.07 Å². The average Bonchev–Trinajstić information content (AvgIpc) is 2.22. The van der Waals surface area contributed by atoms with E-state index in [2.05, 4.69) is 12.6 Å². The zero-order valence-electron chi connectivity index (χ0n) is 7.95. The Bertz CT molecular complexity index is 440. The molecular formula is C10H8ClNO2S. The Labute approximate surface area is 98.0 Å². The minimum atomic E-state index is -0.552. The van der Waals surface area contributed by atoms with Crippen LogP contribution in [0.25, 0.3) is 0 Å². The van der Waals surface area contributed by atoms with Crippen molar-refractivity contribution < 1.29 is 9.53 Å². The van der Waals surface area contributed by atoms with Gasteiger partial charge in [0, 0.05) is 4.90 Å². The van der Waals surface area contributed by atoms with Crippen LogP contribution < -0.4 is 0 Å². The number of rotatable bonds is 2. The molecule has 1 rings (SSSR count). The molecule has 0 radical (unpaired) electrons. The molecule has 0 aliphatic rings. The van der Waals surface area contributed by atoms with E-state index in [1.54, 1.807) is 13.0 Å². The first-order valence-electron chi connectivity index (χ1n) is 4.20. The zero-order chi connectivity index (χ0) is 11.4. The van der Waals surface area contributed by atoms with E-state index >= 15 is 0 Å². The fourth-order valence-electron chi connectivity index (χ4n) is 1.05. The Morgan fingerprint density at radius 1 is 1.67 bits per heavy atom. The topological polar surface area (TPSA) is 50.1 Å². The Morgan fingerprint density at radius 2 is 2.33 bits per heavy atom. The van der Waals surface area contributed by atoms with Crippen LogP contribution in [0, 0.1) is 11.3 Å². The van der Waals surface area contributed by atoms with Gasteiger partial charge in [0.15, 0.2) is 0 Å². The second-order valence-corrected chi connectivity index (χ2v) is 3.51. The van der Waals surface area contributed by atoms with Gasteiger partial charge in [-0.1, -0.05) is 11.6 Å². The molecule has 0 aliphatic heterocycles. The van der Waals surface area contributed by atoms with Gasteiger partial charge in [-0.3, -0.25) is 0 Å². The molecule has 1 aromatic carbocycles. The number of halogens is 1. The van der Waals surface area contributed by atoms with E-state index in [1.807, 2.05) is 6.07 Å². The van der Waals surface area contributed by atoms with E-state index in [0.717, 1.165) is 0 Å². The first-order valence-corrected chi connectivity index (χ1v) is 5.03. The van der Waals surface area contributed by atoms with Gasteiger partial charge >= 0.3 is 5.97 Å². The molecule has 0 N–H and O–H groups in total. The molecule has 15 heavy (non-hydrogen) atoms. The molecular weight excluding hydrogens is 234 g/mol. The summed E-state index contributed by atoms with van der Waals surface area (Å²) < 4.78 is 4.79. The number of carbonyl (C=O) groups is 1. The third-order valence-corrected chi connectivity index (χ3v) is 2.63. The van der Waals surface area contributed by atoms with Gasteiger partial charge in [-0.25, -0.2) is 4.79 Å². The van der Waals surface area contributed by atoms with Crippen LogP contribution in [0.15, 0.2) is 17.0 Å². The number of nitriles is 1. The normalized spacial score (nSPS) is 9.47. The lowest BCUT2D eigenvalue weighted by Gasteiger charge is -2.06. The number of carbonyl (C=O) groups excluding carboxylic acids is 1. The molecule has 0 aliphatic carbocycles. The van der Waals surface area contributed by atoms with Crippen molar-refractivity contribution in [1.29, 1.82) is 5.26 Å². The summed E-state index contributed by atoms with van der Waals surface area (Å²) in [5.74, 6) is -0.552. The molecule has 0 fully saturated rings. The number of nitrogens with zero attached hydrogens (tertiary/aromatic N) is 1. The lowest BCUT2D eigenvalue weighted by atomic mass is 10.1. The van der Waals surface area contributed by atoms with Crippen LogP contribution >= 0.6 is 24.2 Å². The van der Waals surface area contributed by atoms with Crippen molar-refractivity contribution in [2.75, 3.05) is 6.61 Å². The van der Waals surface area contributed by atoms with E-state index < -0.39 is 5.97 Å². The summed E-state index contributed by atoms with van der Waals surface area (Å²) in [6.07, 6.45) is 0. The molecule has 0 spiro atoms. The van der Waals surface area contributed by atoms with Gasteiger partial charge in [0.05, 0.1) is 22.8 Å². The number of ether oxygens (including phenoxy) is 1. The van der Waals surface area contributed by atoms with E-state index in [9.17, 15) is 4.79 Å². The third kappa shape index (κ3) is 2.44. The summed E-state index contributed by atoms with van der Waals surface area (Å²) >= 11 is 9.89. The third-order valence-electron chi connectivity index (χ3n) is 1.73. The summed E-state index contributed by atoms with van der Waals surface area (Å²) in [7, 11) is 0. The van der Waals surface area contributed by atoms with Gasteiger partial charge in [0.2, 0.25) is 0 Å². The van der Waals surface area contributed by atoms with Crippen LogP contribution in [-0.2, 0) is 4.74 Å². The predicted molar refractivity (Wildman–Crippen MR) is 59.4 cm³/mol. The van der Waals surface area contributed by atoms with Crippen LogP contribution in [0.4, 0.5) is 0 Å². The molecule has 0 bridgehead atoms. The van der Waals surface area contributed by atoms with Crippen molar-refractivity contribution in [3.8, 4) is 6.07 Å². The highest BCUT2D eigenvalue weighted by atomic mass is 35.5. The molecule has 1 aromatic rings. The van der Waals surface area contributed by atoms with E-state index in [-0.39, 0.29) is 22.8 Å². The second-order valence-electron chi connectivity index (χ2n) is 2.65. The molecule has 0 aromatic heterocycles. The lowest BCUT2D eigenvalue weighted by molar-refractivity contribution is 0.0526. The predicted octanol–water partition coefficient (Wildman–Crippen LogP) is 2.68. The van der Waals surface area contributed by atoms with Crippen molar-refractivity contribution in [3.05, 3.63) is 28.3 Å². The maximum atomic E-state index is 11.4. The largest absolute Gasteiger partial charge is 0.462 e. The molecule has 0 saturated heterocycles. The smallest absolute Gasteiger partial charge is 0.339 e. The molecule has 5 heteroatoms. The van der Waals surface area contributed by atoms with Crippen molar-refractivity contribution in [3.63, 3.8) is 0 Å². The molecule has 78 valence electrons. The standard InChI is InChI=1S/C10H8ClNO2S/c1-2-14-10(13)6-3-4-8(15)9(11)7(6)5-12/h3-4,15H,2H2,1H3. The maximum Gasteiger partial charge on any atom is 0.339 e. The van der Waals surface area contributed by atoms with Crippen molar-refractivity contribution >= 4 is 30.2 Å². The Hall–Kier alpha value is -1.18. The van der Waals surface area contributed by atoms with Crippen LogP contribution in [0.1, 0.15) is 22.8 Å². The highest BCUT2D eigenvalue weighted by Gasteiger charge is 2.16. The Balaban J connectivity index is 3.26. The number of benzene rings is 1. The number of esters is 1. The minimum Gasteiger partial charge on any atom is -0.462 e. The summed E-state index contributed by atoms with van der Waals surface area (Å²) in [5, 5.41) is 9.04. The van der Waals surface area contributed by atoms with Gasteiger partial charge in [0.25, 0.3) is 0 Å². The summed E-state index contributed by atoms with van der Waals surface area (Å²) in [6, 6.07) is 4.89. The van der Waals surface area contributed by atoms with Gasteiger partial charge in [-0.2, -0.15) is 5.26 Å². The van der Waals surface area contributed by atoms with Crippen LogP contribution in [0.3, 0.4) is 0 Å². The van der Waals surface area contributed by atoms with Crippen molar-refractivity contribution in [2.45, 2.75) is 11.8 Å². The number of hydrogen-bond acceptors (Lipinski definition) is 4. The van der Waals surface area contributed by atoms with Gasteiger partial charge < -0.3 is 4.74 Å². The first-order chi connectivity index (χ1) is 7.11. The average molecular weight is 242 g/mol. The molecule has 0 saturated carbocycles. The maximum absolute atomic E-state index is 11.4. The summed E-state index contributed by atoms with van der Waals surface area (Å²) in [5.41, 5.74) is 0.268. The van der Waals surface area contributed by atoms with Crippen molar-refractivity contribution in [1.82, 2.24) is 0 Å². The highest BCUT2D eigenvalue weighted by Crippen LogP contribution is 2.27. The molecule has 0 unspecified atom stereocenters. The van der Waals surface area contributed by atoms with Gasteiger partial charge in [0.1, 0.15) is 6.07 Å². The van der Waals surface area contributed by atoms with Crippen molar-refractivity contribution in [2.24, 2.45) is 0 Å². The second kappa shape index (κ2) is 5.06. The quantitative estimate of drug-likeness (QED) is 0.640. The molecule has 0 heterocycles. The van der Waals surface area contributed by atoms with Crippen LogP contribution in [0.2, 0.25) is 5.02 Å². The summed E-state index contributed by atoms with van der Waals surface area (Å²) in [4.78, 5) is 11.9. The molecule has 3 nitrogen and oxygen atoms in total. The zero-order valence-corrected chi connectivity index (χ0v) is 9.60. The monoisotopic (exact) mass is 241 g/mol. The molecule has 0 atom stereocenters. The van der Waals surface area contributed by atoms with Gasteiger partial charge in [-0.05, 0) is 19.1 Å². The lowest BCUT2D eigenvalue weighted by Crippen LogP contribution is -2.07. The van der Waals surface area contributed by atoms with E-state index in [0.29, 0.717) is 4.90 Å². The first kappa shape index (κ1) is 11.9. The van der Waals surface area contributed by atoms with E-state index in [4.69, 9.17) is 21.6 Å². The Kier molecular flexibility index (Phi) is 4.01. The minimum absolute atomic E-state index is 0.0996. The molecule has 0 amide bonds.